The molecule has 0 radical (unpaired) electrons. The first-order valence-corrected chi connectivity index (χ1v) is 7.47. The van der Waals surface area contributed by atoms with Crippen molar-refractivity contribution in [2.24, 2.45) is 0 Å². The number of benzene rings is 2. The van der Waals surface area contributed by atoms with Crippen LogP contribution < -0.4 is 14.8 Å². The molecule has 120 valence electrons. The molecule has 0 fully saturated rings. The molecule has 1 N–H and O–H groups in total. The van der Waals surface area contributed by atoms with Gasteiger partial charge in [-0.3, -0.25) is 4.79 Å². The maximum atomic E-state index is 11.7. The Morgan fingerprint density at radius 2 is 1.70 bits per heavy atom. The van der Waals surface area contributed by atoms with Crippen LogP contribution in [0.5, 0.6) is 11.5 Å². The normalized spacial score (nSPS) is 10.5. The highest BCUT2D eigenvalue weighted by Gasteiger charge is 1.97. The van der Waals surface area contributed by atoms with Crippen LogP contribution in [-0.2, 0) is 4.79 Å². The summed E-state index contributed by atoms with van der Waals surface area (Å²) in [6.45, 7) is 2.89. The van der Waals surface area contributed by atoms with Gasteiger partial charge in [0.25, 0.3) is 0 Å². The second kappa shape index (κ2) is 8.63. The fourth-order valence-corrected chi connectivity index (χ4v) is 1.92. The number of hydrogen-bond acceptors (Lipinski definition) is 3. The molecule has 0 spiro atoms. The van der Waals surface area contributed by atoms with E-state index in [2.05, 4.69) is 5.32 Å². The number of aryl methyl sites for hydroxylation is 1. The Labute approximate surface area is 136 Å². The van der Waals surface area contributed by atoms with Crippen LogP contribution in [0.1, 0.15) is 11.1 Å². The van der Waals surface area contributed by atoms with Gasteiger partial charge < -0.3 is 14.8 Å². The molecule has 1 amide bonds. The smallest absolute Gasteiger partial charge is 0.244 e. The van der Waals surface area contributed by atoms with Crippen LogP contribution in [0.2, 0.25) is 0 Å². The lowest BCUT2D eigenvalue weighted by molar-refractivity contribution is -0.116. The third-order valence-corrected chi connectivity index (χ3v) is 3.23. The molecule has 0 saturated carbocycles. The van der Waals surface area contributed by atoms with Gasteiger partial charge in [-0.2, -0.15) is 0 Å². The van der Waals surface area contributed by atoms with Crippen molar-refractivity contribution >= 4 is 12.0 Å². The zero-order valence-corrected chi connectivity index (χ0v) is 13.4. The van der Waals surface area contributed by atoms with Crippen LogP contribution >= 0.6 is 0 Å². The van der Waals surface area contributed by atoms with Crippen molar-refractivity contribution < 1.29 is 14.3 Å². The average molecular weight is 311 g/mol. The van der Waals surface area contributed by atoms with Crippen LogP contribution in [0, 0.1) is 6.92 Å². The third kappa shape index (κ3) is 5.87. The molecule has 0 aliphatic heterocycles. The van der Waals surface area contributed by atoms with E-state index >= 15 is 0 Å². The average Bonchev–Trinajstić information content (AvgIpc) is 2.59. The van der Waals surface area contributed by atoms with Gasteiger partial charge >= 0.3 is 0 Å². The molecular weight excluding hydrogens is 290 g/mol. The highest BCUT2D eigenvalue weighted by molar-refractivity contribution is 5.91. The number of methoxy groups -OCH3 is 1. The Kier molecular flexibility index (Phi) is 6.24. The van der Waals surface area contributed by atoms with Crippen LogP contribution in [0.3, 0.4) is 0 Å². The molecule has 0 bridgehead atoms. The van der Waals surface area contributed by atoms with Crippen molar-refractivity contribution in [2.75, 3.05) is 20.3 Å². The largest absolute Gasteiger partial charge is 0.497 e. The molecule has 2 aromatic rings. The Balaban J connectivity index is 1.68. The summed E-state index contributed by atoms with van der Waals surface area (Å²) in [5.41, 5.74) is 2.20. The lowest BCUT2D eigenvalue weighted by atomic mass is 10.1. The minimum absolute atomic E-state index is 0.135. The van der Waals surface area contributed by atoms with E-state index in [0.717, 1.165) is 17.1 Å². The maximum absolute atomic E-state index is 11.7. The first-order valence-electron chi connectivity index (χ1n) is 7.47. The molecule has 2 aromatic carbocycles. The maximum Gasteiger partial charge on any atom is 0.244 e. The second-order valence-corrected chi connectivity index (χ2v) is 5.06. The van der Waals surface area contributed by atoms with Crippen molar-refractivity contribution in [3.05, 3.63) is 65.7 Å². The van der Waals surface area contributed by atoms with E-state index in [0.29, 0.717) is 13.2 Å². The fourth-order valence-electron chi connectivity index (χ4n) is 1.92. The van der Waals surface area contributed by atoms with Gasteiger partial charge in [0, 0.05) is 6.08 Å². The van der Waals surface area contributed by atoms with Crippen molar-refractivity contribution in [2.45, 2.75) is 6.92 Å². The van der Waals surface area contributed by atoms with Gasteiger partial charge in [-0.05, 0) is 42.8 Å². The topological polar surface area (TPSA) is 47.6 Å². The van der Waals surface area contributed by atoms with E-state index in [9.17, 15) is 4.79 Å². The van der Waals surface area contributed by atoms with E-state index in [1.165, 1.54) is 11.6 Å². The molecule has 0 heterocycles. The van der Waals surface area contributed by atoms with E-state index in [1.807, 2.05) is 55.5 Å². The second-order valence-electron chi connectivity index (χ2n) is 5.06. The van der Waals surface area contributed by atoms with Crippen LogP contribution in [0.15, 0.2) is 54.6 Å². The van der Waals surface area contributed by atoms with Gasteiger partial charge in [-0.1, -0.05) is 29.8 Å². The summed E-state index contributed by atoms with van der Waals surface area (Å²) in [5.74, 6) is 1.39. The molecule has 0 saturated heterocycles. The number of hydrogen-bond donors (Lipinski definition) is 1. The first kappa shape index (κ1) is 16.6. The minimum Gasteiger partial charge on any atom is -0.497 e. The molecule has 4 heteroatoms. The first-order chi connectivity index (χ1) is 11.2. The fraction of sp³-hybridized carbons (Fsp3) is 0.211. The molecule has 0 aromatic heterocycles. The number of nitrogens with one attached hydrogen (secondary N) is 1. The molecule has 23 heavy (non-hydrogen) atoms. The summed E-state index contributed by atoms with van der Waals surface area (Å²) in [4.78, 5) is 11.7. The monoisotopic (exact) mass is 311 g/mol. The van der Waals surface area contributed by atoms with Crippen molar-refractivity contribution in [1.29, 1.82) is 0 Å². The quantitative estimate of drug-likeness (QED) is 0.631. The predicted molar refractivity (Wildman–Crippen MR) is 91.7 cm³/mol. The van der Waals surface area contributed by atoms with Crippen molar-refractivity contribution in [3.63, 3.8) is 0 Å². The minimum atomic E-state index is -0.135. The lowest BCUT2D eigenvalue weighted by Crippen LogP contribution is -2.26. The summed E-state index contributed by atoms with van der Waals surface area (Å²) in [5, 5.41) is 2.78. The zero-order valence-electron chi connectivity index (χ0n) is 13.4. The number of rotatable bonds is 7. The summed E-state index contributed by atoms with van der Waals surface area (Å²) >= 11 is 0. The molecule has 0 atom stereocenters. The zero-order chi connectivity index (χ0) is 16.5. The molecule has 2 rings (SSSR count). The van der Waals surface area contributed by atoms with Gasteiger partial charge in [-0.15, -0.1) is 0 Å². The van der Waals surface area contributed by atoms with Gasteiger partial charge in [0.2, 0.25) is 5.91 Å². The molecule has 0 aliphatic carbocycles. The van der Waals surface area contributed by atoms with E-state index < -0.39 is 0 Å². The van der Waals surface area contributed by atoms with Crippen molar-refractivity contribution in [3.8, 4) is 11.5 Å². The van der Waals surface area contributed by atoms with E-state index in [4.69, 9.17) is 9.47 Å². The van der Waals surface area contributed by atoms with Gasteiger partial charge in [0.15, 0.2) is 0 Å². The predicted octanol–water partition coefficient (Wildman–Crippen LogP) is 3.21. The van der Waals surface area contributed by atoms with Crippen LogP contribution in [0.4, 0.5) is 0 Å². The summed E-state index contributed by atoms with van der Waals surface area (Å²) in [6.07, 6.45) is 3.32. The Morgan fingerprint density at radius 3 is 2.35 bits per heavy atom. The summed E-state index contributed by atoms with van der Waals surface area (Å²) < 4.78 is 10.6. The lowest BCUT2D eigenvalue weighted by Gasteiger charge is -2.07. The van der Waals surface area contributed by atoms with Gasteiger partial charge in [0.1, 0.15) is 18.1 Å². The Hall–Kier alpha value is -2.75. The van der Waals surface area contributed by atoms with E-state index in [-0.39, 0.29) is 5.91 Å². The van der Waals surface area contributed by atoms with E-state index in [1.54, 1.807) is 13.2 Å². The molecule has 0 unspecified atom stereocenters. The Bertz CT molecular complexity index is 645. The molecule has 4 nitrogen and oxygen atoms in total. The Morgan fingerprint density at radius 1 is 1.04 bits per heavy atom. The SMILES string of the molecule is COc1ccc(OCCNC(=O)/C=C/c2ccc(C)cc2)cc1. The number of carbonyl (C=O) groups excluding carboxylic acids is 1. The van der Waals surface area contributed by atoms with Gasteiger partial charge in [-0.25, -0.2) is 0 Å². The van der Waals surface area contributed by atoms with Gasteiger partial charge in [0.05, 0.1) is 13.7 Å². The summed E-state index contributed by atoms with van der Waals surface area (Å²) in [7, 11) is 1.62. The third-order valence-electron chi connectivity index (χ3n) is 3.23. The molecule has 0 aliphatic rings. The standard InChI is InChI=1S/C19H21NO3/c1-15-3-5-16(6-4-15)7-12-19(21)20-13-14-23-18-10-8-17(22-2)9-11-18/h3-12H,13-14H2,1-2H3,(H,20,21)/b12-7+. The van der Waals surface area contributed by atoms with Crippen LogP contribution in [-0.4, -0.2) is 26.2 Å². The highest BCUT2D eigenvalue weighted by atomic mass is 16.5. The van der Waals surface area contributed by atoms with Crippen LogP contribution in [0.25, 0.3) is 6.08 Å². The number of ether oxygens (including phenoxy) is 2. The van der Waals surface area contributed by atoms with Crippen molar-refractivity contribution in [1.82, 2.24) is 5.32 Å². The molecular formula is C19H21NO3. The number of carbonyl (C=O) groups is 1. The number of amides is 1. The summed E-state index contributed by atoms with van der Waals surface area (Å²) in [6, 6.07) is 15.3. The highest BCUT2D eigenvalue weighted by Crippen LogP contribution is 2.16.